The third-order valence-corrected chi connectivity index (χ3v) is 7.05. The number of amides is 1. The molecule has 0 fully saturated rings. The number of aromatic nitrogens is 2. The molecule has 3 aromatic rings. The highest BCUT2D eigenvalue weighted by Gasteiger charge is 2.22. The Kier molecular flexibility index (Phi) is 6.57. The van der Waals surface area contributed by atoms with Crippen LogP contribution in [0.25, 0.3) is 10.6 Å². The molecule has 0 atom stereocenters. The number of anilines is 2. The van der Waals surface area contributed by atoms with E-state index in [1.54, 1.807) is 42.5 Å². The van der Waals surface area contributed by atoms with Crippen molar-refractivity contribution in [2.24, 2.45) is 0 Å². The third kappa shape index (κ3) is 5.53. The second-order valence-corrected chi connectivity index (χ2v) is 10.3. The van der Waals surface area contributed by atoms with Crippen LogP contribution in [0.15, 0.2) is 46.9 Å². The van der Waals surface area contributed by atoms with Crippen LogP contribution in [0.4, 0.5) is 10.8 Å². The largest absolute Gasteiger partial charge is 0.299 e. The van der Waals surface area contributed by atoms with E-state index in [-0.39, 0.29) is 11.7 Å². The summed E-state index contributed by atoms with van der Waals surface area (Å²) < 4.78 is 26.4. The highest BCUT2D eigenvalue weighted by molar-refractivity contribution is 9.10. The summed E-state index contributed by atoms with van der Waals surface area (Å²) >= 11 is 10.4. The molecule has 7 nitrogen and oxygen atoms in total. The highest BCUT2D eigenvalue weighted by Crippen LogP contribution is 2.28. The molecule has 1 N–H and O–H groups in total. The van der Waals surface area contributed by atoms with Crippen LogP contribution in [0.3, 0.4) is 0 Å². The predicted molar refractivity (Wildman–Crippen MR) is 120 cm³/mol. The van der Waals surface area contributed by atoms with Gasteiger partial charge in [0, 0.05) is 15.1 Å². The molecular weight excluding hydrogens is 500 g/mol. The van der Waals surface area contributed by atoms with Gasteiger partial charge in [0.1, 0.15) is 11.6 Å². The summed E-state index contributed by atoms with van der Waals surface area (Å²) in [6, 6.07) is 12.1. The first-order valence-corrected chi connectivity index (χ1v) is 12.1. The Labute approximate surface area is 185 Å². The molecule has 1 aromatic heterocycles. The summed E-state index contributed by atoms with van der Waals surface area (Å²) in [6.07, 6.45) is 1.06. The Bertz CT molecular complexity index is 1150. The minimum absolute atomic E-state index is 0.278. The fourth-order valence-corrected chi connectivity index (χ4v) is 4.44. The maximum absolute atomic E-state index is 12.5. The number of nitrogens with zero attached hydrogens (tertiary/aromatic N) is 3. The van der Waals surface area contributed by atoms with Crippen LogP contribution in [0.5, 0.6) is 0 Å². The highest BCUT2D eigenvalue weighted by atomic mass is 79.9. The van der Waals surface area contributed by atoms with Gasteiger partial charge in [-0.2, -0.15) is 0 Å². The average Bonchev–Trinajstić information content (AvgIpc) is 3.10. The number of hydrogen-bond donors (Lipinski definition) is 1. The molecule has 1 heterocycles. The lowest BCUT2D eigenvalue weighted by molar-refractivity contribution is -0.114. The number of aryl methyl sites for hydroxylation is 1. The average molecular weight is 516 g/mol. The number of rotatable bonds is 6. The van der Waals surface area contributed by atoms with E-state index >= 15 is 0 Å². The van der Waals surface area contributed by atoms with Gasteiger partial charge in [-0.1, -0.05) is 51.0 Å². The van der Waals surface area contributed by atoms with Gasteiger partial charge in [0.15, 0.2) is 0 Å². The minimum Gasteiger partial charge on any atom is -0.299 e. The first kappa shape index (κ1) is 21.7. The van der Waals surface area contributed by atoms with Crippen LogP contribution in [0, 0.1) is 6.92 Å². The van der Waals surface area contributed by atoms with Crippen molar-refractivity contribution in [1.82, 2.24) is 10.2 Å². The standard InChI is InChI=1S/C18H16BrClN4O3S2/c1-11-9-14(7-8-15(11)19)24(29(2,26)27)10-16(25)21-18-23-22-17(28-18)12-3-5-13(20)6-4-12/h3-9H,10H2,1-2H3,(H,21,23,25). The lowest BCUT2D eigenvalue weighted by atomic mass is 10.2. The van der Waals surface area contributed by atoms with E-state index in [9.17, 15) is 13.2 Å². The van der Waals surface area contributed by atoms with Crippen LogP contribution < -0.4 is 9.62 Å². The Morgan fingerprint density at radius 3 is 2.52 bits per heavy atom. The second kappa shape index (κ2) is 8.78. The van der Waals surface area contributed by atoms with E-state index in [0.717, 1.165) is 26.2 Å². The topological polar surface area (TPSA) is 92.3 Å². The van der Waals surface area contributed by atoms with Crippen molar-refractivity contribution in [3.8, 4) is 10.6 Å². The van der Waals surface area contributed by atoms with E-state index in [2.05, 4.69) is 31.4 Å². The lowest BCUT2D eigenvalue weighted by Crippen LogP contribution is -2.37. The molecule has 0 aliphatic rings. The molecule has 0 saturated carbocycles. The summed E-state index contributed by atoms with van der Waals surface area (Å²) in [4.78, 5) is 12.5. The number of benzene rings is 2. The van der Waals surface area contributed by atoms with Crippen molar-refractivity contribution >= 4 is 65.6 Å². The first-order chi connectivity index (χ1) is 13.6. The molecule has 0 spiro atoms. The molecule has 0 aliphatic carbocycles. The molecule has 0 unspecified atom stereocenters. The van der Waals surface area contributed by atoms with Crippen LogP contribution in [0.2, 0.25) is 5.02 Å². The molecule has 1 amide bonds. The van der Waals surface area contributed by atoms with Gasteiger partial charge in [0.25, 0.3) is 0 Å². The molecular formula is C18H16BrClN4O3S2. The van der Waals surface area contributed by atoms with Gasteiger partial charge >= 0.3 is 0 Å². The maximum atomic E-state index is 12.5. The van der Waals surface area contributed by atoms with Gasteiger partial charge < -0.3 is 0 Å². The van der Waals surface area contributed by atoms with E-state index < -0.39 is 15.9 Å². The van der Waals surface area contributed by atoms with Gasteiger partial charge in [0.05, 0.1) is 11.9 Å². The van der Waals surface area contributed by atoms with E-state index in [4.69, 9.17) is 11.6 Å². The van der Waals surface area contributed by atoms with Crippen molar-refractivity contribution in [2.75, 3.05) is 22.4 Å². The van der Waals surface area contributed by atoms with Gasteiger partial charge in [-0.3, -0.25) is 14.4 Å². The fraction of sp³-hybridized carbons (Fsp3) is 0.167. The van der Waals surface area contributed by atoms with E-state index in [1.165, 1.54) is 11.3 Å². The normalized spacial score (nSPS) is 11.3. The zero-order valence-corrected chi connectivity index (χ0v) is 19.4. The molecule has 0 radical (unpaired) electrons. The van der Waals surface area contributed by atoms with Crippen molar-refractivity contribution in [2.45, 2.75) is 6.92 Å². The number of sulfonamides is 1. The third-order valence-electron chi connectivity index (χ3n) is 3.88. The number of hydrogen-bond acceptors (Lipinski definition) is 6. The smallest absolute Gasteiger partial charge is 0.246 e. The molecule has 152 valence electrons. The number of halogens is 2. The molecule has 11 heteroatoms. The SMILES string of the molecule is Cc1cc(N(CC(=O)Nc2nnc(-c3ccc(Cl)cc3)s2)S(C)(=O)=O)ccc1Br. The molecule has 0 saturated heterocycles. The summed E-state index contributed by atoms with van der Waals surface area (Å²) in [5.41, 5.74) is 2.08. The van der Waals surface area contributed by atoms with Gasteiger partial charge in [-0.15, -0.1) is 10.2 Å². The predicted octanol–water partition coefficient (Wildman–Crippen LogP) is 4.33. The van der Waals surface area contributed by atoms with Crippen molar-refractivity contribution in [3.05, 3.63) is 57.5 Å². The number of carbonyl (C=O) groups is 1. The van der Waals surface area contributed by atoms with E-state index in [0.29, 0.717) is 15.7 Å². The quantitative estimate of drug-likeness (QED) is 0.527. The fourth-order valence-electron chi connectivity index (χ4n) is 2.46. The van der Waals surface area contributed by atoms with Crippen LogP contribution >= 0.6 is 38.9 Å². The lowest BCUT2D eigenvalue weighted by Gasteiger charge is -2.22. The van der Waals surface area contributed by atoms with Gasteiger partial charge in [-0.05, 0) is 42.8 Å². The summed E-state index contributed by atoms with van der Waals surface area (Å²) in [5.74, 6) is -0.519. The van der Waals surface area contributed by atoms with Crippen LogP contribution in [0.1, 0.15) is 5.56 Å². The monoisotopic (exact) mass is 514 g/mol. The van der Waals surface area contributed by atoms with Crippen LogP contribution in [-0.2, 0) is 14.8 Å². The Morgan fingerprint density at radius 2 is 1.90 bits per heavy atom. The second-order valence-electron chi connectivity index (χ2n) is 6.17. The summed E-state index contributed by atoms with van der Waals surface area (Å²) in [6.45, 7) is 1.46. The maximum Gasteiger partial charge on any atom is 0.246 e. The number of carbonyl (C=O) groups excluding carboxylic acids is 1. The number of nitrogens with one attached hydrogen (secondary N) is 1. The Morgan fingerprint density at radius 1 is 1.21 bits per heavy atom. The van der Waals surface area contributed by atoms with Crippen molar-refractivity contribution in [1.29, 1.82) is 0 Å². The summed E-state index contributed by atoms with van der Waals surface area (Å²) in [5, 5.41) is 12.1. The van der Waals surface area contributed by atoms with Crippen molar-refractivity contribution < 1.29 is 13.2 Å². The van der Waals surface area contributed by atoms with Crippen LogP contribution in [-0.4, -0.2) is 37.3 Å². The molecule has 3 rings (SSSR count). The summed E-state index contributed by atoms with van der Waals surface area (Å²) in [7, 11) is -3.66. The van der Waals surface area contributed by atoms with Gasteiger partial charge in [-0.25, -0.2) is 8.42 Å². The van der Waals surface area contributed by atoms with Crippen molar-refractivity contribution in [3.63, 3.8) is 0 Å². The molecule has 29 heavy (non-hydrogen) atoms. The van der Waals surface area contributed by atoms with E-state index in [1.807, 2.05) is 6.92 Å². The minimum atomic E-state index is -3.66. The Hall–Kier alpha value is -2.01. The molecule has 0 bridgehead atoms. The molecule has 2 aromatic carbocycles. The molecule has 0 aliphatic heterocycles. The van der Waals surface area contributed by atoms with Gasteiger partial charge in [0.2, 0.25) is 21.1 Å². The Balaban J connectivity index is 1.75. The zero-order valence-electron chi connectivity index (χ0n) is 15.4. The zero-order chi connectivity index (χ0) is 21.2. The first-order valence-electron chi connectivity index (χ1n) is 8.26.